The highest BCUT2D eigenvalue weighted by atomic mass is 16.7. The van der Waals surface area contributed by atoms with E-state index in [-0.39, 0.29) is 12.9 Å². The largest absolute Gasteiger partial charge is 0.454 e. The average Bonchev–Trinajstić information content (AvgIpc) is 3.03. The maximum absolute atomic E-state index is 12.1. The predicted octanol–water partition coefficient (Wildman–Crippen LogP) is 3.07. The molecule has 0 radical (unpaired) electrons. The summed E-state index contributed by atoms with van der Waals surface area (Å²) in [5.41, 5.74) is 1.95. The Morgan fingerprint density at radius 3 is 2.84 bits per heavy atom. The fourth-order valence-corrected chi connectivity index (χ4v) is 2.85. The monoisotopic (exact) mass is 346 g/mol. The van der Waals surface area contributed by atoms with Crippen LogP contribution in [-0.4, -0.2) is 43.0 Å². The standard InChI is InChI=1S/C19H26N2O4/c1-19(2,3)25-18(22)21-9-7-14(8-10-21)11-20-12-15-5-4-6-16-17(15)24-13-23-16/h4-7,20H,8-13H2,1-3H3. The third-order valence-electron chi connectivity index (χ3n) is 4.10. The van der Waals surface area contributed by atoms with Crippen molar-refractivity contribution in [3.8, 4) is 11.5 Å². The lowest BCUT2D eigenvalue weighted by Crippen LogP contribution is -2.39. The van der Waals surface area contributed by atoms with E-state index in [0.717, 1.165) is 36.6 Å². The van der Waals surface area contributed by atoms with Gasteiger partial charge in [0, 0.05) is 31.7 Å². The number of carbonyl (C=O) groups excluding carboxylic acids is 1. The van der Waals surface area contributed by atoms with Crippen LogP contribution in [-0.2, 0) is 11.3 Å². The molecule has 0 unspecified atom stereocenters. The van der Waals surface area contributed by atoms with Crippen molar-refractivity contribution in [2.45, 2.75) is 39.3 Å². The number of hydrogen-bond acceptors (Lipinski definition) is 5. The van der Waals surface area contributed by atoms with Crippen LogP contribution in [0, 0.1) is 0 Å². The van der Waals surface area contributed by atoms with E-state index in [2.05, 4.69) is 11.4 Å². The Morgan fingerprint density at radius 1 is 1.28 bits per heavy atom. The second-order valence-electron chi connectivity index (χ2n) is 7.29. The van der Waals surface area contributed by atoms with E-state index >= 15 is 0 Å². The molecular formula is C19H26N2O4. The molecular weight excluding hydrogens is 320 g/mol. The van der Waals surface area contributed by atoms with Gasteiger partial charge in [0.15, 0.2) is 11.5 Å². The number of amides is 1. The first-order valence-corrected chi connectivity index (χ1v) is 8.66. The van der Waals surface area contributed by atoms with Crippen LogP contribution in [0.15, 0.2) is 29.8 Å². The molecule has 0 atom stereocenters. The van der Waals surface area contributed by atoms with Gasteiger partial charge >= 0.3 is 6.09 Å². The van der Waals surface area contributed by atoms with E-state index in [1.165, 1.54) is 5.57 Å². The molecule has 3 rings (SSSR count). The minimum absolute atomic E-state index is 0.243. The Balaban J connectivity index is 1.46. The number of hydrogen-bond donors (Lipinski definition) is 1. The molecule has 0 bridgehead atoms. The number of fused-ring (bicyclic) bond motifs is 1. The molecule has 1 amide bonds. The zero-order valence-electron chi connectivity index (χ0n) is 15.1. The summed E-state index contributed by atoms with van der Waals surface area (Å²) in [5.74, 6) is 1.65. The molecule has 2 aliphatic heterocycles. The van der Waals surface area contributed by atoms with Gasteiger partial charge in [-0.05, 0) is 33.3 Å². The van der Waals surface area contributed by atoms with Gasteiger partial charge in [0.25, 0.3) is 0 Å². The lowest BCUT2D eigenvalue weighted by atomic mass is 10.1. The summed E-state index contributed by atoms with van der Waals surface area (Å²) < 4.78 is 16.3. The van der Waals surface area contributed by atoms with Crippen LogP contribution in [0.25, 0.3) is 0 Å². The summed E-state index contributed by atoms with van der Waals surface area (Å²) in [4.78, 5) is 13.8. The predicted molar refractivity (Wildman–Crippen MR) is 94.8 cm³/mol. The summed E-state index contributed by atoms with van der Waals surface area (Å²) in [6.45, 7) is 8.76. The fourth-order valence-electron chi connectivity index (χ4n) is 2.85. The maximum Gasteiger partial charge on any atom is 0.410 e. The molecule has 6 nitrogen and oxygen atoms in total. The first kappa shape index (κ1) is 17.6. The van der Waals surface area contributed by atoms with E-state index < -0.39 is 5.60 Å². The van der Waals surface area contributed by atoms with Gasteiger partial charge in [-0.25, -0.2) is 4.79 Å². The maximum atomic E-state index is 12.1. The van der Waals surface area contributed by atoms with Gasteiger partial charge in [0.2, 0.25) is 6.79 Å². The molecule has 6 heteroatoms. The van der Waals surface area contributed by atoms with Crippen molar-refractivity contribution in [3.63, 3.8) is 0 Å². The summed E-state index contributed by atoms with van der Waals surface area (Å²) in [7, 11) is 0. The zero-order chi connectivity index (χ0) is 17.9. The van der Waals surface area contributed by atoms with E-state index in [1.807, 2.05) is 39.0 Å². The van der Waals surface area contributed by atoms with Crippen molar-refractivity contribution in [2.24, 2.45) is 0 Å². The van der Waals surface area contributed by atoms with Crippen LogP contribution in [0.3, 0.4) is 0 Å². The molecule has 1 aromatic rings. The highest BCUT2D eigenvalue weighted by molar-refractivity contribution is 5.68. The smallest absolute Gasteiger partial charge is 0.410 e. The van der Waals surface area contributed by atoms with Crippen LogP contribution in [0.5, 0.6) is 11.5 Å². The first-order chi connectivity index (χ1) is 11.9. The average molecular weight is 346 g/mol. The van der Waals surface area contributed by atoms with E-state index in [9.17, 15) is 4.79 Å². The lowest BCUT2D eigenvalue weighted by Gasteiger charge is -2.29. The quantitative estimate of drug-likeness (QED) is 0.849. The molecule has 0 fully saturated rings. The highest BCUT2D eigenvalue weighted by Crippen LogP contribution is 2.35. The van der Waals surface area contributed by atoms with Gasteiger partial charge in [-0.1, -0.05) is 23.8 Å². The number of para-hydroxylation sites is 1. The van der Waals surface area contributed by atoms with E-state index in [4.69, 9.17) is 14.2 Å². The third-order valence-corrected chi connectivity index (χ3v) is 4.10. The Labute approximate surface area is 148 Å². The Bertz CT molecular complexity index is 664. The van der Waals surface area contributed by atoms with E-state index in [0.29, 0.717) is 13.1 Å². The summed E-state index contributed by atoms with van der Waals surface area (Å²) in [5, 5.41) is 3.44. The molecule has 25 heavy (non-hydrogen) atoms. The first-order valence-electron chi connectivity index (χ1n) is 8.66. The van der Waals surface area contributed by atoms with Crippen molar-refractivity contribution >= 4 is 6.09 Å². The van der Waals surface area contributed by atoms with Gasteiger partial charge in [0.05, 0.1) is 0 Å². The third kappa shape index (κ3) is 4.66. The van der Waals surface area contributed by atoms with Crippen LogP contribution >= 0.6 is 0 Å². The van der Waals surface area contributed by atoms with Gasteiger partial charge in [0.1, 0.15) is 5.60 Å². The second-order valence-corrected chi connectivity index (χ2v) is 7.29. The minimum atomic E-state index is -0.454. The lowest BCUT2D eigenvalue weighted by molar-refractivity contribution is 0.0265. The molecule has 136 valence electrons. The molecule has 0 aliphatic carbocycles. The molecule has 2 heterocycles. The van der Waals surface area contributed by atoms with Crippen molar-refractivity contribution in [3.05, 3.63) is 35.4 Å². The highest BCUT2D eigenvalue weighted by Gasteiger charge is 2.23. The molecule has 1 aromatic carbocycles. The Kier molecular flexibility index (Phi) is 5.18. The molecule has 2 aliphatic rings. The van der Waals surface area contributed by atoms with Crippen molar-refractivity contribution in [1.82, 2.24) is 10.2 Å². The number of rotatable bonds is 4. The van der Waals surface area contributed by atoms with Crippen LogP contribution in [0.2, 0.25) is 0 Å². The fraction of sp³-hybridized carbons (Fsp3) is 0.526. The number of nitrogens with zero attached hydrogens (tertiary/aromatic N) is 1. The summed E-state index contributed by atoms with van der Waals surface area (Å²) in [6.07, 6.45) is 2.72. The summed E-state index contributed by atoms with van der Waals surface area (Å²) in [6, 6.07) is 5.93. The Hall–Kier alpha value is -2.21. The number of nitrogens with one attached hydrogen (secondary N) is 1. The van der Waals surface area contributed by atoms with Gasteiger partial charge in [-0.15, -0.1) is 0 Å². The van der Waals surface area contributed by atoms with Gasteiger partial charge in [-0.3, -0.25) is 0 Å². The molecule has 0 aromatic heterocycles. The van der Waals surface area contributed by atoms with Crippen LogP contribution < -0.4 is 14.8 Å². The normalized spacial score (nSPS) is 16.6. The van der Waals surface area contributed by atoms with Crippen molar-refractivity contribution in [2.75, 3.05) is 26.4 Å². The Morgan fingerprint density at radius 2 is 2.12 bits per heavy atom. The summed E-state index contributed by atoms with van der Waals surface area (Å²) >= 11 is 0. The van der Waals surface area contributed by atoms with Crippen LogP contribution in [0.1, 0.15) is 32.8 Å². The van der Waals surface area contributed by atoms with Gasteiger partial charge in [-0.2, -0.15) is 0 Å². The number of ether oxygens (including phenoxy) is 3. The van der Waals surface area contributed by atoms with Gasteiger partial charge < -0.3 is 24.4 Å². The second kappa shape index (κ2) is 7.35. The zero-order valence-corrected chi connectivity index (χ0v) is 15.1. The topological polar surface area (TPSA) is 60.0 Å². The molecule has 0 saturated carbocycles. The SMILES string of the molecule is CC(C)(C)OC(=O)N1CC=C(CNCc2cccc3c2OCO3)CC1. The van der Waals surface area contributed by atoms with E-state index in [1.54, 1.807) is 4.90 Å². The van der Waals surface area contributed by atoms with Crippen molar-refractivity contribution < 1.29 is 19.0 Å². The number of carbonyl (C=O) groups is 1. The van der Waals surface area contributed by atoms with Crippen molar-refractivity contribution in [1.29, 1.82) is 0 Å². The number of benzene rings is 1. The molecule has 0 spiro atoms. The molecule has 0 saturated heterocycles. The van der Waals surface area contributed by atoms with Crippen LogP contribution in [0.4, 0.5) is 4.79 Å². The molecule has 1 N–H and O–H groups in total. The minimum Gasteiger partial charge on any atom is -0.454 e.